The Morgan fingerprint density at radius 1 is 1.09 bits per heavy atom. The molecule has 23 heavy (non-hydrogen) atoms. The van der Waals surface area contributed by atoms with Crippen molar-refractivity contribution in [2.24, 2.45) is 0 Å². The maximum absolute atomic E-state index is 12.2. The second-order valence-corrected chi connectivity index (χ2v) is 5.58. The van der Waals surface area contributed by atoms with Crippen LogP contribution in [-0.2, 0) is 6.54 Å². The summed E-state index contributed by atoms with van der Waals surface area (Å²) >= 11 is 0. The van der Waals surface area contributed by atoms with Crippen LogP contribution in [0.1, 0.15) is 31.8 Å². The first-order chi connectivity index (χ1) is 10.9. The molecule has 0 unspecified atom stereocenters. The maximum Gasteiger partial charge on any atom is 0.253 e. The van der Waals surface area contributed by atoms with Gasteiger partial charge in [0.15, 0.2) is 0 Å². The van der Waals surface area contributed by atoms with Gasteiger partial charge in [0.1, 0.15) is 5.75 Å². The van der Waals surface area contributed by atoms with E-state index in [0.29, 0.717) is 17.7 Å². The monoisotopic (exact) mass is 312 g/mol. The molecular formula is C18H20N2O3. The third-order valence-electron chi connectivity index (χ3n) is 3.49. The van der Waals surface area contributed by atoms with Crippen molar-refractivity contribution >= 4 is 11.8 Å². The van der Waals surface area contributed by atoms with Crippen LogP contribution < -0.4 is 5.32 Å². The van der Waals surface area contributed by atoms with E-state index in [1.54, 1.807) is 57.4 Å². The van der Waals surface area contributed by atoms with E-state index in [1.807, 2.05) is 6.07 Å². The lowest BCUT2D eigenvalue weighted by molar-refractivity contribution is 0.0827. The van der Waals surface area contributed by atoms with Gasteiger partial charge in [-0.1, -0.05) is 18.2 Å². The molecular weight excluding hydrogens is 292 g/mol. The molecule has 0 aromatic heterocycles. The Labute approximate surface area is 135 Å². The minimum atomic E-state index is -0.246. The van der Waals surface area contributed by atoms with Gasteiger partial charge in [-0.2, -0.15) is 0 Å². The van der Waals surface area contributed by atoms with Gasteiger partial charge in [-0.05, 0) is 42.3 Å². The Bertz CT molecular complexity index is 739. The van der Waals surface area contributed by atoms with E-state index in [0.717, 1.165) is 11.1 Å². The molecule has 0 aliphatic rings. The summed E-state index contributed by atoms with van der Waals surface area (Å²) < 4.78 is 0. The van der Waals surface area contributed by atoms with Crippen LogP contribution in [0, 0.1) is 6.92 Å². The summed E-state index contributed by atoms with van der Waals surface area (Å²) in [6, 6.07) is 11.8. The van der Waals surface area contributed by atoms with Crippen LogP contribution in [0.25, 0.3) is 0 Å². The van der Waals surface area contributed by atoms with Crippen molar-refractivity contribution in [1.82, 2.24) is 10.2 Å². The first-order valence-corrected chi connectivity index (χ1v) is 7.27. The molecule has 0 aliphatic carbocycles. The van der Waals surface area contributed by atoms with Crippen LogP contribution in [-0.4, -0.2) is 35.9 Å². The number of nitrogens with one attached hydrogen (secondary N) is 1. The van der Waals surface area contributed by atoms with Crippen LogP contribution in [0.4, 0.5) is 0 Å². The number of phenolic OH excluding ortho intramolecular Hbond substituents is 1. The summed E-state index contributed by atoms with van der Waals surface area (Å²) in [6.45, 7) is 2.16. The summed E-state index contributed by atoms with van der Waals surface area (Å²) in [7, 11) is 3.34. The predicted octanol–water partition coefficient (Wildman–Crippen LogP) is 2.33. The molecule has 0 saturated heterocycles. The number of aromatic hydroxyl groups is 1. The number of nitrogens with zero attached hydrogens (tertiary/aromatic N) is 1. The second-order valence-electron chi connectivity index (χ2n) is 5.58. The second kappa shape index (κ2) is 6.96. The minimum absolute atomic E-state index is 0.145. The van der Waals surface area contributed by atoms with E-state index < -0.39 is 0 Å². The highest BCUT2D eigenvalue weighted by Crippen LogP contribution is 2.17. The number of phenols is 1. The first kappa shape index (κ1) is 16.5. The topological polar surface area (TPSA) is 69.6 Å². The average Bonchev–Trinajstić information content (AvgIpc) is 2.55. The number of benzene rings is 2. The first-order valence-electron chi connectivity index (χ1n) is 7.27. The number of rotatable bonds is 4. The number of hydrogen-bond donors (Lipinski definition) is 2. The molecule has 5 heteroatoms. The molecule has 0 bridgehead atoms. The van der Waals surface area contributed by atoms with Crippen LogP contribution in [0.2, 0.25) is 0 Å². The van der Waals surface area contributed by atoms with Crippen molar-refractivity contribution in [3.63, 3.8) is 0 Å². The SMILES string of the molecule is Cc1cc(CNC(=O)c2cccc(C(=O)N(C)C)c2)ccc1O. The van der Waals surface area contributed by atoms with Gasteiger partial charge in [0, 0.05) is 31.8 Å². The number of carbonyl (C=O) groups is 2. The largest absolute Gasteiger partial charge is 0.508 e. The Hall–Kier alpha value is -2.82. The lowest BCUT2D eigenvalue weighted by atomic mass is 10.1. The number of hydrogen-bond acceptors (Lipinski definition) is 3. The molecule has 0 atom stereocenters. The predicted molar refractivity (Wildman–Crippen MR) is 88.5 cm³/mol. The zero-order valence-electron chi connectivity index (χ0n) is 13.5. The smallest absolute Gasteiger partial charge is 0.253 e. The highest BCUT2D eigenvalue weighted by atomic mass is 16.3. The molecule has 2 amide bonds. The van der Waals surface area contributed by atoms with Gasteiger partial charge in [-0.3, -0.25) is 9.59 Å². The van der Waals surface area contributed by atoms with Gasteiger partial charge in [0.25, 0.3) is 11.8 Å². The third kappa shape index (κ3) is 4.10. The Balaban J connectivity index is 2.07. The van der Waals surface area contributed by atoms with E-state index in [4.69, 9.17) is 0 Å². The van der Waals surface area contributed by atoms with Crippen molar-refractivity contribution in [2.45, 2.75) is 13.5 Å². The molecule has 0 fully saturated rings. The number of carbonyl (C=O) groups excluding carboxylic acids is 2. The van der Waals surface area contributed by atoms with Crippen LogP contribution in [0.3, 0.4) is 0 Å². The van der Waals surface area contributed by atoms with Gasteiger partial charge in [0.2, 0.25) is 0 Å². The highest BCUT2D eigenvalue weighted by molar-refractivity contribution is 5.99. The van der Waals surface area contributed by atoms with Gasteiger partial charge in [0.05, 0.1) is 0 Å². The molecule has 2 aromatic rings. The zero-order valence-corrected chi connectivity index (χ0v) is 13.5. The van der Waals surface area contributed by atoms with E-state index in [1.165, 1.54) is 4.90 Å². The Morgan fingerprint density at radius 2 is 1.78 bits per heavy atom. The number of amides is 2. The van der Waals surface area contributed by atoms with Gasteiger partial charge in [-0.25, -0.2) is 0 Å². The summed E-state index contributed by atoms with van der Waals surface area (Å²) in [5, 5.41) is 12.3. The summed E-state index contributed by atoms with van der Waals surface area (Å²) in [4.78, 5) is 25.6. The molecule has 2 N–H and O–H groups in total. The number of aryl methyl sites for hydroxylation is 1. The molecule has 0 heterocycles. The molecule has 0 spiro atoms. The van der Waals surface area contributed by atoms with Crippen molar-refractivity contribution in [2.75, 3.05) is 14.1 Å². The Kier molecular flexibility index (Phi) is 5.01. The van der Waals surface area contributed by atoms with Crippen molar-refractivity contribution in [3.8, 4) is 5.75 Å². The highest BCUT2D eigenvalue weighted by Gasteiger charge is 2.11. The molecule has 120 valence electrons. The molecule has 5 nitrogen and oxygen atoms in total. The molecule has 0 aliphatic heterocycles. The maximum atomic E-state index is 12.2. The fourth-order valence-corrected chi connectivity index (χ4v) is 2.16. The minimum Gasteiger partial charge on any atom is -0.508 e. The normalized spacial score (nSPS) is 10.2. The zero-order chi connectivity index (χ0) is 17.0. The lowest BCUT2D eigenvalue weighted by Crippen LogP contribution is -2.25. The van der Waals surface area contributed by atoms with Crippen LogP contribution in [0.5, 0.6) is 5.75 Å². The molecule has 2 rings (SSSR count). The van der Waals surface area contributed by atoms with E-state index in [2.05, 4.69) is 5.32 Å². The Morgan fingerprint density at radius 3 is 2.43 bits per heavy atom. The van der Waals surface area contributed by atoms with Gasteiger partial charge >= 0.3 is 0 Å². The standard InChI is InChI=1S/C18H20N2O3/c1-12-9-13(7-8-16(12)21)11-19-17(22)14-5-4-6-15(10-14)18(23)20(2)3/h4-10,21H,11H2,1-3H3,(H,19,22). The van der Waals surface area contributed by atoms with Crippen molar-refractivity contribution in [1.29, 1.82) is 0 Å². The van der Waals surface area contributed by atoms with Gasteiger partial charge < -0.3 is 15.3 Å². The molecule has 0 saturated carbocycles. The van der Waals surface area contributed by atoms with E-state index >= 15 is 0 Å². The molecule has 2 aromatic carbocycles. The third-order valence-corrected chi connectivity index (χ3v) is 3.49. The average molecular weight is 312 g/mol. The summed E-state index contributed by atoms with van der Waals surface area (Å²) in [6.07, 6.45) is 0. The van der Waals surface area contributed by atoms with Crippen LogP contribution >= 0.6 is 0 Å². The van der Waals surface area contributed by atoms with Crippen molar-refractivity contribution in [3.05, 3.63) is 64.7 Å². The van der Waals surface area contributed by atoms with Crippen LogP contribution in [0.15, 0.2) is 42.5 Å². The fourth-order valence-electron chi connectivity index (χ4n) is 2.16. The van der Waals surface area contributed by atoms with Gasteiger partial charge in [-0.15, -0.1) is 0 Å². The summed E-state index contributed by atoms with van der Waals surface area (Å²) in [5.41, 5.74) is 2.57. The van der Waals surface area contributed by atoms with Crippen molar-refractivity contribution < 1.29 is 14.7 Å². The van der Waals surface area contributed by atoms with E-state index in [9.17, 15) is 14.7 Å². The molecule has 0 radical (unpaired) electrons. The fraction of sp³-hybridized carbons (Fsp3) is 0.222. The quantitative estimate of drug-likeness (QED) is 0.910. The lowest BCUT2D eigenvalue weighted by Gasteiger charge is -2.11. The summed E-state index contributed by atoms with van der Waals surface area (Å²) in [5.74, 6) is -0.159. The van der Waals surface area contributed by atoms with E-state index in [-0.39, 0.29) is 17.6 Å².